The quantitative estimate of drug-likeness (QED) is 0.516. The third kappa shape index (κ3) is 14.3. The first kappa shape index (κ1) is 21.3. The molecule has 0 amide bonds. The van der Waals surface area contributed by atoms with Gasteiger partial charge in [-0.1, -0.05) is 25.7 Å². The maximum atomic E-state index is 11.2. The predicted molar refractivity (Wildman–Crippen MR) is 104 cm³/mol. The molecule has 0 aromatic rings. The molecule has 138 valence electrons. The van der Waals surface area contributed by atoms with Gasteiger partial charge in [0.2, 0.25) is 0 Å². The summed E-state index contributed by atoms with van der Waals surface area (Å²) in [5.41, 5.74) is 0. The Kier molecular flexibility index (Phi) is 13.5. The second kappa shape index (κ2) is 14.6. The maximum absolute atomic E-state index is 11.2. The summed E-state index contributed by atoms with van der Waals surface area (Å²) in [5, 5.41) is 17.9. The molecule has 3 aliphatic heterocycles. The summed E-state index contributed by atoms with van der Waals surface area (Å²) in [6.07, 6.45) is 16.0. The Hall–Kier alpha value is 0.270. The molecular weight excluding hydrogens is 305 g/mol. The van der Waals surface area contributed by atoms with Crippen LogP contribution in [0.25, 0.3) is 0 Å². The minimum atomic E-state index is -0.0833. The van der Waals surface area contributed by atoms with E-state index in [-0.39, 0.29) is 4.42 Å². The molecule has 3 aliphatic rings. The number of rotatable bonds is 0. The van der Waals surface area contributed by atoms with Gasteiger partial charge in [-0.15, -0.1) is 0 Å². The molecule has 2 N–H and O–H groups in total. The molecule has 0 aliphatic carbocycles. The van der Waals surface area contributed by atoms with E-state index >= 15 is 0 Å². The third-order valence-corrected chi connectivity index (χ3v) is 5.25. The lowest BCUT2D eigenvalue weighted by Crippen LogP contribution is -2.30. The summed E-state index contributed by atoms with van der Waals surface area (Å²) < 4.78 is -0.0833. The van der Waals surface area contributed by atoms with Crippen LogP contribution in [0.2, 0.25) is 0 Å². The van der Waals surface area contributed by atoms with E-state index < -0.39 is 0 Å². The van der Waals surface area contributed by atoms with Crippen LogP contribution in [0.5, 0.6) is 0 Å². The zero-order valence-electron chi connectivity index (χ0n) is 15.2. The van der Waals surface area contributed by atoms with Gasteiger partial charge in [-0.2, -0.15) is 0 Å². The van der Waals surface area contributed by atoms with Gasteiger partial charge in [0, 0.05) is 0 Å². The molecule has 0 aromatic carbocycles. The van der Waals surface area contributed by atoms with Crippen molar-refractivity contribution in [2.45, 2.75) is 77.0 Å². The topological polar surface area (TPSA) is 47.1 Å². The molecule has 23 heavy (non-hydrogen) atoms. The maximum Gasteiger partial charge on any atom is 0.0790 e. The number of nitrogens with zero attached hydrogens (tertiary/aromatic N) is 1. The van der Waals surface area contributed by atoms with Crippen LogP contribution < -0.4 is 10.6 Å². The highest BCUT2D eigenvalue weighted by molar-refractivity contribution is 7.09. The first-order valence-corrected chi connectivity index (χ1v) is 10.5. The lowest BCUT2D eigenvalue weighted by Gasteiger charge is -2.36. The van der Waals surface area contributed by atoms with Crippen molar-refractivity contribution in [1.82, 2.24) is 10.6 Å². The second-order valence-corrected chi connectivity index (χ2v) is 8.08. The first-order valence-electron chi connectivity index (χ1n) is 9.99. The fraction of sp³-hybridized carbons (Fsp3) is 1.00. The van der Waals surface area contributed by atoms with Crippen LogP contribution in [0.4, 0.5) is 0 Å². The highest BCUT2D eigenvalue weighted by Gasteiger charge is 2.12. The van der Waals surface area contributed by atoms with E-state index in [1.54, 1.807) is 0 Å². The lowest BCUT2D eigenvalue weighted by molar-refractivity contribution is -0.744. The molecule has 1 unspecified atom stereocenters. The van der Waals surface area contributed by atoms with Crippen molar-refractivity contribution < 1.29 is 4.42 Å². The van der Waals surface area contributed by atoms with Gasteiger partial charge in [0.15, 0.2) is 0 Å². The van der Waals surface area contributed by atoms with Gasteiger partial charge in [-0.05, 0) is 77.5 Å². The fourth-order valence-electron chi connectivity index (χ4n) is 3.18. The van der Waals surface area contributed by atoms with Crippen LogP contribution in [0.1, 0.15) is 77.0 Å². The molecule has 0 radical (unpaired) electrons. The van der Waals surface area contributed by atoms with Crippen molar-refractivity contribution in [3.63, 3.8) is 0 Å². The van der Waals surface area contributed by atoms with E-state index in [2.05, 4.69) is 20.0 Å². The van der Waals surface area contributed by atoms with E-state index in [4.69, 9.17) is 0 Å². The summed E-state index contributed by atoms with van der Waals surface area (Å²) in [4.78, 5) is 0. The normalized spacial score (nSPS) is 25.3. The molecule has 0 aromatic heterocycles. The Morgan fingerprint density at radius 1 is 0.522 bits per heavy atom. The zero-order chi connectivity index (χ0) is 16.6. The molecule has 1 atom stereocenters. The van der Waals surface area contributed by atoms with Crippen molar-refractivity contribution in [3.8, 4) is 0 Å². The smallest absolute Gasteiger partial charge is 0.0790 e. The summed E-state index contributed by atoms with van der Waals surface area (Å²) in [6.45, 7) is 6.59. The fourth-order valence-corrected chi connectivity index (χ4v) is 3.55. The van der Waals surface area contributed by atoms with Crippen molar-refractivity contribution in [2.75, 3.05) is 39.3 Å². The molecule has 0 spiro atoms. The predicted octanol–water partition coefficient (Wildman–Crippen LogP) is 3.97. The van der Waals surface area contributed by atoms with Crippen LogP contribution in [-0.2, 0) is 0 Å². The SMILES string of the molecule is C1CCCNCC1.C1CCCNCC1.[O-][N+]1(P)CCCCCC1. The minimum Gasteiger partial charge on any atom is -0.632 e. The van der Waals surface area contributed by atoms with Crippen LogP contribution in [0.3, 0.4) is 0 Å². The van der Waals surface area contributed by atoms with E-state index in [9.17, 15) is 5.21 Å². The van der Waals surface area contributed by atoms with Gasteiger partial charge in [-0.25, -0.2) is 0 Å². The molecular formula is C18H40N3OP. The van der Waals surface area contributed by atoms with E-state index in [0.717, 1.165) is 25.9 Å². The number of nitrogens with one attached hydrogen (secondary N) is 2. The van der Waals surface area contributed by atoms with Crippen molar-refractivity contribution in [1.29, 1.82) is 0 Å². The first-order chi connectivity index (χ1) is 11.2. The van der Waals surface area contributed by atoms with Gasteiger partial charge in [-0.3, -0.25) is 0 Å². The Labute approximate surface area is 146 Å². The molecule has 0 saturated carbocycles. The van der Waals surface area contributed by atoms with Crippen LogP contribution in [-0.4, -0.2) is 43.7 Å². The molecule has 5 heteroatoms. The van der Waals surface area contributed by atoms with E-state index in [1.165, 1.54) is 90.4 Å². The van der Waals surface area contributed by atoms with Gasteiger partial charge in [0.25, 0.3) is 0 Å². The van der Waals surface area contributed by atoms with Gasteiger partial charge < -0.3 is 20.3 Å². The van der Waals surface area contributed by atoms with Crippen LogP contribution >= 0.6 is 9.39 Å². The molecule has 3 saturated heterocycles. The van der Waals surface area contributed by atoms with Crippen molar-refractivity contribution in [3.05, 3.63) is 5.21 Å². The van der Waals surface area contributed by atoms with Crippen molar-refractivity contribution >= 4 is 9.39 Å². The highest BCUT2D eigenvalue weighted by atomic mass is 31.0. The van der Waals surface area contributed by atoms with E-state index in [0.29, 0.717) is 0 Å². The van der Waals surface area contributed by atoms with Crippen molar-refractivity contribution in [2.24, 2.45) is 0 Å². The third-order valence-electron chi connectivity index (χ3n) is 4.74. The van der Waals surface area contributed by atoms with Crippen LogP contribution in [0, 0.1) is 5.21 Å². The monoisotopic (exact) mass is 345 g/mol. The van der Waals surface area contributed by atoms with Crippen LogP contribution in [0.15, 0.2) is 0 Å². The Bertz CT molecular complexity index is 201. The number of quaternary nitrogens is 1. The summed E-state index contributed by atoms with van der Waals surface area (Å²) in [6, 6.07) is 0. The van der Waals surface area contributed by atoms with E-state index in [1.807, 2.05) is 0 Å². The largest absolute Gasteiger partial charge is 0.632 e. The van der Waals surface area contributed by atoms with Gasteiger partial charge in [0.1, 0.15) is 0 Å². The molecule has 3 rings (SSSR count). The highest BCUT2D eigenvalue weighted by Crippen LogP contribution is 2.21. The van der Waals surface area contributed by atoms with Gasteiger partial charge >= 0.3 is 0 Å². The Morgan fingerprint density at radius 3 is 1.17 bits per heavy atom. The average molecular weight is 346 g/mol. The lowest BCUT2D eigenvalue weighted by atomic mass is 10.2. The molecule has 3 heterocycles. The second-order valence-electron chi connectivity index (χ2n) is 7.14. The Morgan fingerprint density at radius 2 is 0.826 bits per heavy atom. The van der Waals surface area contributed by atoms with Gasteiger partial charge in [0.05, 0.1) is 22.5 Å². The average Bonchev–Trinajstić information content (AvgIpc) is 3.06. The number of hydrogen-bond acceptors (Lipinski definition) is 3. The summed E-state index contributed by atoms with van der Waals surface area (Å²) >= 11 is 0. The number of hydroxylamine groups is 2. The molecule has 0 bridgehead atoms. The summed E-state index contributed by atoms with van der Waals surface area (Å²) in [7, 11) is 2.38. The minimum absolute atomic E-state index is 0.0833. The molecule has 3 fully saturated rings. The standard InChI is InChI=1S/C6H14NOP.2C6H13N/c8-7(9)5-3-1-2-4-6-7;2*1-2-4-6-7-5-3-1/h1-6,9H2;2*7H,1-6H2. The Balaban J connectivity index is 0.000000175. The zero-order valence-corrected chi connectivity index (χ0v) is 16.3. The summed E-state index contributed by atoms with van der Waals surface area (Å²) in [5.74, 6) is 0. The molecule has 4 nitrogen and oxygen atoms in total. The number of hydrogen-bond donors (Lipinski definition) is 2.